The summed E-state index contributed by atoms with van der Waals surface area (Å²) in [6.07, 6.45) is -9.63. The van der Waals surface area contributed by atoms with Gasteiger partial charge in [-0.25, -0.2) is 0 Å². The summed E-state index contributed by atoms with van der Waals surface area (Å²) in [5.74, 6) is -1.87. The van der Waals surface area contributed by atoms with Gasteiger partial charge in [0.15, 0.2) is 12.4 Å². The number of rotatable bonds is 28. The molecule has 0 saturated carbocycles. The Balaban J connectivity index is 1.14. The number of hydrogen-bond donors (Lipinski definition) is 1. The van der Waals surface area contributed by atoms with E-state index < -0.39 is 78.9 Å². The second kappa shape index (κ2) is 30.0. The van der Waals surface area contributed by atoms with Crippen LogP contribution in [0.2, 0.25) is 0 Å². The summed E-state index contributed by atoms with van der Waals surface area (Å²) in [5.41, 5.74) is 4.68. The minimum absolute atomic E-state index is 0.0128. The third kappa shape index (κ3) is 17.0. The lowest BCUT2D eigenvalue weighted by atomic mass is 9.96. The molecular weight excluding hydrogens is 1010 g/mol. The standard InChI is InChI=1S/C64H66O13S/c65-55(66)36-37-56(67)76-62-60(72-42-50-30-16-5-17-31-50)58(54(45-69-39-47-24-10-2-11-25-47)75-64(62)78-52-34-20-7-21-35-52)77-63-61(73-43-51-32-18-6-19-33-51)59(71-41-49-28-14-4-15-29-49)57(70-40-48-26-12-3-13-27-48)53(74-63)44-68-38-46-22-8-1-9-23-46/h1-35,53-54,57-64H,36-45H2,(H,65,66)/t53-,54-,57+,58-,59+,60+,61-,62-,63+,64+/m1/s1. The molecule has 0 amide bonds. The minimum atomic E-state index is -1.23. The van der Waals surface area contributed by atoms with Gasteiger partial charge in [-0.2, -0.15) is 0 Å². The molecule has 2 aliphatic rings. The molecular formula is C64H66O13S. The molecule has 14 heteroatoms. The SMILES string of the molecule is O=C(O)CCC(=O)O[C@@H]1[C@@H](OCc2ccccc2)[C@H](O[C@@H]2O[C@H](COCc3ccccc3)[C@H](OCc3ccccc3)[C@H](OCc3ccccc3)[C@H]2OCc2ccccc2)[C@@H](COCc2ccccc2)O[C@H]1Sc1ccccc1. The van der Waals surface area contributed by atoms with Crippen molar-refractivity contribution in [3.05, 3.63) is 246 Å². The molecule has 7 aromatic carbocycles. The summed E-state index contributed by atoms with van der Waals surface area (Å²) >= 11 is 1.35. The monoisotopic (exact) mass is 1070 g/mol. The van der Waals surface area contributed by atoms with Crippen LogP contribution in [0.1, 0.15) is 46.2 Å². The van der Waals surface area contributed by atoms with Crippen molar-refractivity contribution in [1.29, 1.82) is 0 Å². The van der Waals surface area contributed by atoms with E-state index in [0.29, 0.717) is 6.61 Å². The van der Waals surface area contributed by atoms with Gasteiger partial charge in [-0.3, -0.25) is 9.59 Å². The van der Waals surface area contributed by atoms with E-state index in [-0.39, 0.29) is 52.7 Å². The van der Waals surface area contributed by atoms with Gasteiger partial charge in [-0.05, 0) is 45.5 Å². The van der Waals surface area contributed by atoms with Crippen molar-refractivity contribution in [2.24, 2.45) is 0 Å². The molecule has 13 nitrogen and oxygen atoms in total. The highest BCUT2D eigenvalue weighted by atomic mass is 32.2. The van der Waals surface area contributed by atoms with Crippen molar-refractivity contribution in [3.63, 3.8) is 0 Å². The fraction of sp³-hybridized carbons (Fsp3) is 0.312. The van der Waals surface area contributed by atoms with Gasteiger partial charge < -0.3 is 52.5 Å². The van der Waals surface area contributed by atoms with E-state index >= 15 is 0 Å². The largest absolute Gasteiger partial charge is 0.481 e. The average molecular weight is 1080 g/mol. The molecule has 0 spiro atoms. The van der Waals surface area contributed by atoms with Crippen molar-refractivity contribution in [2.75, 3.05) is 13.2 Å². The lowest BCUT2D eigenvalue weighted by Crippen LogP contribution is -2.66. The third-order valence-corrected chi connectivity index (χ3v) is 14.4. The Labute approximate surface area is 460 Å². The van der Waals surface area contributed by atoms with Gasteiger partial charge in [0.05, 0.1) is 65.7 Å². The van der Waals surface area contributed by atoms with Gasteiger partial charge in [0.2, 0.25) is 0 Å². The van der Waals surface area contributed by atoms with Crippen LogP contribution >= 0.6 is 11.8 Å². The van der Waals surface area contributed by atoms with Crippen molar-refractivity contribution in [2.45, 2.75) is 118 Å². The van der Waals surface area contributed by atoms with E-state index in [2.05, 4.69) is 0 Å². The Kier molecular flexibility index (Phi) is 21.6. The fourth-order valence-corrected chi connectivity index (χ4v) is 10.4. The molecule has 2 heterocycles. The maximum absolute atomic E-state index is 13.9. The summed E-state index contributed by atoms with van der Waals surface area (Å²) in [4.78, 5) is 26.6. The molecule has 7 aromatic rings. The molecule has 9 rings (SSSR count). The molecule has 2 fully saturated rings. The predicted octanol–water partition coefficient (Wildman–Crippen LogP) is 11.2. The summed E-state index contributed by atoms with van der Waals surface area (Å²) < 4.78 is 69.4. The number of carbonyl (C=O) groups is 2. The van der Waals surface area contributed by atoms with E-state index in [4.69, 9.17) is 47.4 Å². The van der Waals surface area contributed by atoms with E-state index in [1.54, 1.807) is 0 Å². The van der Waals surface area contributed by atoms with Crippen LogP contribution in [0.5, 0.6) is 0 Å². The lowest BCUT2D eigenvalue weighted by Gasteiger charge is -2.50. The first-order valence-corrected chi connectivity index (χ1v) is 27.2. The quantitative estimate of drug-likeness (QED) is 0.0464. The molecule has 0 unspecified atom stereocenters. The minimum Gasteiger partial charge on any atom is -0.481 e. The third-order valence-electron chi connectivity index (χ3n) is 13.2. The Hall–Kier alpha value is -6.53. The molecule has 2 aliphatic heterocycles. The first kappa shape index (κ1) is 56.2. The van der Waals surface area contributed by atoms with Crippen molar-refractivity contribution in [1.82, 2.24) is 0 Å². The van der Waals surface area contributed by atoms with Crippen molar-refractivity contribution < 1.29 is 62.1 Å². The Morgan fingerprint density at radius 3 is 1.18 bits per heavy atom. The zero-order valence-electron chi connectivity index (χ0n) is 43.3. The predicted molar refractivity (Wildman–Crippen MR) is 294 cm³/mol. The number of thioether (sulfide) groups is 1. The number of esters is 1. The summed E-state index contributed by atoms with van der Waals surface area (Å²) in [6, 6.07) is 68.7. The smallest absolute Gasteiger partial charge is 0.306 e. The number of carbonyl (C=O) groups excluding carboxylic acids is 1. The van der Waals surface area contributed by atoms with Gasteiger partial charge in [-0.15, -0.1) is 0 Å². The van der Waals surface area contributed by atoms with Gasteiger partial charge in [0.1, 0.15) is 48.2 Å². The van der Waals surface area contributed by atoms with Crippen LogP contribution < -0.4 is 0 Å². The normalized spacial score (nSPS) is 23.1. The second-order valence-corrected chi connectivity index (χ2v) is 20.2. The molecule has 406 valence electrons. The maximum atomic E-state index is 13.9. The number of carboxylic acid groups (broad SMARTS) is 1. The Morgan fingerprint density at radius 1 is 0.397 bits per heavy atom. The Morgan fingerprint density at radius 2 is 0.756 bits per heavy atom. The van der Waals surface area contributed by atoms with Gasteiger partial charge in [0.25, 0.3) is 0 Å². The van der Waals surface area contributed by atoms with Crippen LogP contribution in [0.15, 0.2) is 217 Å². The van der Waals surface area contributed by atoms with Gasteiger partial charge in [0, 0.05) is 4.90 Å². The van der Waals surface area contributed by atoms with Crippen LogP contribution in [-0.2, 0) is 96.6 Å². The zero-order valence-corrected chi connectivity index (χ0v) is 44.1. The molecule has 0 bridgehead atoms. The zero-order chi connectivity index (χ0) is 53.6. The summed E-state index contributed by atoms with van der Waals surface area (Å²) in [5, 5.41) is 9.66. The molecule has 78 heavy (non-hydrogen) atoms. The van der Waals surface area contributed by atoms with Crippen LogP contribution in [0.4, 0.5) is 0 Å². The lowest BCUT2D eigenvalue weighted by molar-refractivity contribution is -0.358. The number of carboxylic acids is 1. The van der Waals surface area contributed by atoms with Crippen LogP contribution in [0.3, 0.4) is 0 Å². The van der Waals surface area contributed by atoms with Crippen LogP contribution in [0.25, 0.3) is 0 Å². The Bertz CT molecular complexity index is 2800. The van der Waals surface area contributed by atoms with Crippen molar-refractivity contribution >= 4 is 23.7 Å². The van der Waals surface area contributed by atoms with E-state index in [9.17, 15) is 14.7 Å². The van der Waals surface area contributed by atoms with Gasteiger partial charge >= 0.3 is 11.9 Å². The molecule has 10 atom stereocenters. The maximum Gasteiger partial charge on any atom is 0.306 e. The fourth-order valence-electron chi connectivity index (χ4n) is 9.29. The number of aliphatic carboxylic acids is 1. The van der Waals surface area contributed by atoms with E-state index in [1.807, 2.05) is 212 Å². The number of benzene rings is 7. The molecule has 2 saturated heterocycles. The second-order valence-electron chi connectivity index (χ2n) is 19.0. The van der Waals surface area contributed by atoms with Crippen LogP contribution in [0, 0.1) is 0 Å². The molecule has 0 radical (unpaired) electrons. The van der Waals surface area contributed by atoms with Gasteiger partial charge in [-0.1, -0.05) is 212 Å². The molecule has 0 aliphatic carbocycles. The number of hydrogen-bond acceptors (Lipinski definition) is 13. The molecule has 1 N–H and O–H groups in total. The first-order valence-electron chi connectivity index (χ1n) is 26.4. The highest BCUT2D eigenvalue weighted by Gasteiger charge is 2.55. The topological polar surface area (TPSA) is 147 Å². The van der Waals surface area contributed by atoms with E-state index in [0.717, 1.165) is 38.3 Å². The van der Waals surface area contributed by atoms with Crippen LogP contribution in [-0.4, -0.2) is 90.8 Å². The summed E-state index contributed by atoms with van der Waals surface area (Å²) in [6.45, 7) is 1.30. The highest BCUT2D eigenvalue weighted by molar-refractivity contribution is 7.99. The first-order chi connectivity index (χ1) is 38.4. The number of ether oxygens (including phenoxy) is 10. The summed E-state index contributed by atoms with van der Waals surface area (Å²) in [7, 11) is 0. The highest BCUT2D eigenvalue weighted by Crippen LogP contribution is 2.40. The average Bonchev–Trinajstić information content (AvgIpc) is 3.51. The molecule has 0 aromatic heterocycles. The van der Waals surface area contributed by atoms with E-state index in [1.165, 1.54) is 11.8 Å². The van der Waals surface area contributed by atoms with Crippen molar-refractivity contribution in [3.8, 4) is 0 Å².